The number of carboxylic acid groups (broad SMARTS) is 1. The lowest BCUT2D eigenvalue weighted by Gasteiger charge is -2.27. The summed E-state index contributed by atoms with van der Waals surface area (Å²) in [6, 6.07) is 11.8. The summed E-state index contributed by atoms with van der Waals surface area (Å²) in [5.41, 5.74) is 1.75. The molecule has 1 saturated carbocycles. The highest BCUT2D eigenvalue weighted by molar-refractivity contribution is 7.91. The molecule has 1 amide bonds. The largest absolute Gasteiger partial charge is 0.480 e. The Kier molecular flexibility index (Phi) is 23.7. The van der Waals surface area contributed by atoms with Crippen molar-refractivity contribution in [1.29, 1.82) is 0 Å². The number of rotatable bonds is 28. The number of ether oxygens (including phenoxy) is 1. The van der Waals surface area contributed by atoms with Crippen molar-refractivity contribution in [1.82, 2.24) is 5.32 Å². The molecule has 34 heteroatoms. The molecule has 0 aromatic heterocycles. The number of carbonyl (C=O) groups is 2. The molecule has 2 aliphatic carbocycles. The molecule has 1 fully saturated rings. The molecule has 25 nitrogen and oxygen atoms in total. The molecule has 8 rings (SSSR count). The smallest absolute Gasteiger partial charge is 0.326 e. The van der Waals surface area contributed by atoms with E-state index in [2.05, 4.69) is 10.6 Å². The Morgan fingerprint density at radius 2 is 1.27 bits per heavy atom. The number of nitrogens with zero attached hydrogens (tertiary/aromatic N) is 2. The van der Waals surface area contributed by atoms with Crippen LogP contribution in [0.3, 0.4) is 0 Å². The summed E-state index contributed by atoms with van der Waals surface area (Å²) in [5, 5.41) is 20.2. The van der Waals surface area contributed by atoms with Gasteiger partial charge in [0.05, 0.1) is 38.2 Å². The van der Waals surface area contributed by atoms with Gasteiger partial charge in [0.25, 0.3) is 40.5 Å². The van der Waals surface area contributed by atoms with Gasteiger partial charge in [-0.3, -0.25) is 23.0 Å². The van der Waals surface area contributed by atoms with Gasteiger partial charge in [-0.15, -0.1) is 0 Å². The fourth-order valence-corrected chi connectivity index (χ4v) is 17.2. The fraction of sp³-hybridized carbons (Fsp3) is 0.453. The molecule has 0 radical (unpaired) electrons. The molecule has 4 aliphatic rings. The van der Waals surface area contributed by atoms with Crippen LogP contribution in [0.25, 0.3) is 0 Å². The van der Waals surface area contributed by atoms with Gasteiger partial charge in [-0.25, -0.2) is 39.9 Å². The van der Waals surface area contributed by atoms with Gasteiger partial charge in [-0.1, -0.05) is 64.2 Å². The zero-order valence-corrected chi connectivity index (χ0v) is 58.9. The van der Waals surface area contributed by atoms with Gasteiger partial charge in [0.15, 0.2) is 37.9 Å². The van der Waals surface area contributed by atoms with E-state index < -0.39 is 158 Å². The number of carboxylic acids is 1. The zero-order valence-electron chi connectivity index (χ0n) is 54.0. The van der Waals surface area contributed by atoms with E-state index in [4.69, 9.17) is 9.88 Å². The third-order valence-electron chi connectivity index (χ3n) is 17.9. The van der Waals surface area contributed by atoms with Crippen LogP contribution in [-0.4, -0.2) is 138 Å². The maximum absolute atomic E-state index is 16.1. The van der Waals surface area contributed by atoms with E-state index in [1.807, 2.05) is 37.2 Å². The molecular weight excluding hydrogens is 1410 g/mol. The second-order valence-corrected chi connectivity index (χ2v) is 35.2. The lowest BCUT2D eigenvalue weighted by atomic mass is 9.81. The second-order valence-electron chi connectivity index (χ2n) is 25.7. The van der Waals surface area contributed by atoms with Crippen molar-refractivity contribution < 1.29 is 106 Å². The maximum Gasteiger partial charge on any atom is 0.326 e. The van der Waals surface area contributed by atoms with E-state index in [1.165, 1.54) is 60.7 Å². The first-order valence-electron chi connectivity index (χ1n) is 31.4. The molecule has 0 saturated heterocycles. The van der Waals surface area contributed by atoms with Crippen molar-refractivity contribution in [2.75, 3.05) is 40.6 Å². The molecule has 2 heterocycles. The number of halogens is 3. The third kappa shape index (κ3) is 18.6. The number of fused-ring (bicyclic) bond motifs is 2. The predicted octanol–water partition coefficient (Wildman–Crippen LogP) is 9.14. The van der Waals surface area contributed by atoms with Crippen molar-refractivity contribution in [3.63, 3.8) is 0 Å². The van der Waals surface area contributed by atoms with Crippen LogP contribution in [0.15, 0.2) is 127 Å². The number of nitrogens with two attached hydrogens (primary N) is 1. The number of hydrogen-bond acceptors (Lipinski definition) is 17. The van der Waals surface area contributed by atoms with Crippen LogP contribution in [0.1, 0.15) is 141 Å². The normalized spacial score (nSPS) is 18.4. The molecule has 9 N–H and O–H groups in total. The highest BCUT2D eigenvalue weighted by Crippen LogP contribution is 2.49. The second kappa shape index (κ2) is 30.1. The highest BCUT2D eigenvalue weighted by Gasteiger charge is 2.46. The van der Waals surface area contributed by atoms with Crippen LogP contribution in [0.5, 0.6) is 5.75 Å². The van der Waals surface area contributed by atoms with E-state index in [0.29, 0.717) is 101 Å². The zero-order chi connectivity index (χ0) is 72.3. The van der Waals surface area contributed by atoms with E-state index in [1.54, 1.807) is 24.3 Å². The van der Waals surface area contributed by atoms with Crippen molar-refractivity contribution in [2.24, 2.45) is 5.14 Å². The Hall–Kier alpha value is -6.86. The Labute approximate surface area is 568 Å². The van der Waals surface area contributed by atoms with Gasteiger partial charge < -0.3 is 25.4 Å². The van der Waals surface area contributed by atoms with E-state index in [9.17, 15) is 83.4 Å². The summed E-state index contributed by atoms with van der Waals surface area (Å²) in [5.74, 6) is -11.2. The van der Waals surface area contributed by atoms with Gasteiger partial charge >= 0.3 is 5.97 Å². The molecule has 0 unspecified atom stereocenters. The Morgan fingerprint density at radius 3 is 1.86 bits per heavy atom. The van der Waals surface area contributed by atoms with E-state index in [-0.39, 0.29) is 54.3 Å². The lowest BCUT2D eigenvalue weighted by molar-refractivity contribution is -0.438. The van der Waals surface area contributed by atoms with Gasteiger partial charge in [0, 0.05) is 66.4 Å². The molecule has 0 spiro atoms. The number of sulfonamides is 1. The van der Waals surface area contributed by atoms with Crippen LogP contribution in [0, 0.1) is 17.5 Å². The summed E-state index contributed by atoms with van der Waals surface area (Å²) >= 11 is 0. The molecule has 0 bridgehead atoms. The maximum atomic E-state index is 16.1. The molecule has 98 heavy (non-hydrogen) atoms. The first-order valence-corrected chi connectivity index (χ1v) is 40.7. The molecule has 536 valence electrons. The summed E-state index contributed by atoms with van der Waals surface area (Å²) < 4.78 is 244. The molecule has 2 aliphatic heterocycles. The minimum Gasteiger partial charge on any atom is -0.480 e. The lowest BCUT2D eigenvalue weighted by Crippen LogP contribution is -2.42. The number of hydrogen-bond donors (Lipinski definition) is 8. The first-order chi connectivity index (χ1) is 45.5. The van der Waals surface area contributed by atoms with E-state index >= 15 is 13.2 Å². The average molecular weight is 1490 g/mol. The number of anilines is 2. The summed E-state index contributed by atoms with van der Waals surface area (Å²) in [6.07, 6.45) is 11.9. The third-order valence-corrected chi connectivity index (χ3v) is 23.8. The molecular formula is C64H79F3N5O20S6+. The number of amides is 1. The van der Waals surface area contributed by atoms with Crippen molar-refractivity contribution in [2.45, 2.75) is 173 Å². The number of primary sulfonamides is 1. The number of carbonyl (C=O) groups excluding carboxylic acids is 1. The van der Waals surface area contributed by atoms with Crippen LogP contribution >= 0.6 is 0 Å². The topological polar surface area (TPSA) is 406 Å². The first kappa shape index (κ1) is 76.9. The number of sulfone groups is 1. The van der Waals surface area contributed by atoms with Gasteiger partial charge in [-0.2, -0.15) is 38.2 Å². The quantitative estimate of drug-likeness (QED) is 0.0114. The standard InChI is InChI=1S/C64H78F3N5O20S6/c1-63(2)47-38-45(97(86,87)88)25-27-50(47)71(32-10-12-34-94(78,79)80)52(63)29-21-41-15-14-16-42(22-30-53-64(3,4)48-39-46(98(89,90)91)26-28-51(48)72(53)33-11-13-35-95(81,82)83)59(41)92-44-23-19-40(20-24-44)37-49(62(74)75)70-54(73)31-36-93(76,77)61-56(66)55(65)60(96(68,84)85)57(67)58(61)69-43-17-8-6-5-7-9-18-43/h19-30,38-39,43,49,69H,5-18,31-37H2,1-4H3,(H7-,68,70,73,74,75,78,79,80,81,82,83,84,85,86,87,88,89,90,91)/p+1/t49-/m0/s1. The van der Waals surface area contributed by atoms with Crippen LogP contribution in [-0.2, 0) is 87.2 Å². The van der Waals surface area contributed by atoms with Crippen LogP contribution < -0.4 is 25.4 Å². The number of benzene rings is 4. The average Bonchev–Trinajstić information content (AvgIpc) is 1.58. The minimum absolute atomic E-state index is 0.0585. The summed E-state index contributed by atoms with van der Waals surface area (Å²) in [4.78, 5) is 23.9. The number of allylic oxidation sites excluding steroid dienone is 7. The van der Waals surface area contributed by atoms with Crippen LogP contribution in [0.2, 0.25) is 0 Å². The van der Waals surface area contributed by atoms with Crippen molar-refractivity contribution >= 4 is 95.0 Å². The Balaban J connectivity index is 1.13. The van der Waals surface area contributed by atoms with Crippen molar-refractivity contribution in [3.8, 4) is 5.75 Å². The van der Waals surface area contributed by atoms with Gasteiger partial charge in [0.2, 0.25) is 21.6 Å². The summed E-state index contributed by atoms with van der Waals surface area (Å²) in [6.45, 7) is 7.70. The van der Waals surface area contributed by atoms with Gasteiger partial charge in [-0.05, 0) is 142 Å². The monoisotopic (exact) mass is 1490 g/mol. The predicted molar refractivity (Wildman–Crippen MR) is 358 cm³/mol. The van der Waals surface area contributed by atoms with E-state index in [0.717, 1.165) is 19.3 Å². The van der Waals surface area contributed by atoms with Crippen molar-refractivity contribution in [3.05, 3.63) is 142 Å². The molecule has 4 aromatic rings. The number of nitrogens with one attached hydrogen (secondary N) is 2. The SMILES string of the molecule is CC1(C)C(/C=C/C2=C(Oc3ccc(C[C@H](NC(=O)CCS(=O)(=O)c4c(F)c(F)c(S(N)(=O)=O)c(F)c4NC4CCCCCCC4)C(=O)O)cc3)C(=C/C=C3/N(CCCCS(=O)(=O)O)c4ccc(S(=O)(=O)O)cc4C3(C)C)/CCC2)=[N+](CCCCS(=O)(=O)O)c2ccc(S(=O)(=O)O)cc21. The number of unbranched alkanes of at least 4 members (excludes halogenated alkanes) is 2. The number of aliphatic carboxylic acids is 1. The minimum atomic E-state index is -5.30. The molecule has 4 aromatic carbocycles. The fourth-order valence-electron chi connectivity index (χ4n) is 12.9. The Bertz CT molecular complexity index is 4680. The Morgan fingerprint density at radius 1 is 0.684 bits per heavy atom. The molecule has 1 atom stereocenters. The van der Waals surface area contributed by atoms with Crippen LogP contribution in [0.4, 0.5) is 30.2 Å². The summed E-state index contributed by atoms with van der Waals surface area (Å²) in [7, 11) is -28.5. The van der Waals surface area contributed by atoms with Gasteiger partial charge in [0.1, 0.15) is 29.0 Å². The highest BCUT2D eigenvalue weighted by atomic mass is 32.2.